The molecule has 2 atom stereocenters. The summed E-state index contributed by atoms with van der Waals surface area (Å²) in [5, 5.41) is 7.14. The van der Waals surface area contributed by atoms with Crippen molar-refractivity contribution in [2.75, 3.05) is 57.9 Å². The minimum absolute atomic E-state index is 0.158. The van der Waals surface area contributed by atoms with Crippen molar-refractivity contribution in [2.45, 2.75) is 25.4 Å². The van der Waals surface area contributed by atoms with Gasteiger partial charge in [-0.2, -0.15) is 0 Å². The largest absolute Gasteiger partial charge is 0.465 e. The highest BCUT2D eigenvalue weighted by Crippen LogP contribution is 2.23. The molecule has 0 aliphatic carbocycles. The third-order valence-electron chi connectivity index (χ3n) is 5.91. The molecule has 7 heteroatoms. The maximum absolute atomic E-state index is 5.97. The van der Waals surface area contributed by atoms with Gasteiger partial charge in [-0.1, -0.05) is 18.2 Å². The molecule has 2 aliphatic heterocycles. The first-order chi connectivity index (χ1) is 14.7. The molecule has 2 N–H and O–H groups in total. The first-order valence-electron chi connectivity index (χ1n) is 10.9. The van der Waals surface area contributed by atoms with Crippen LogP contribution in [0.25, 0.3) is 0 Å². The second-order valence-electron chi connectivity index (χ2n) is 7.98. The van der Waals surface area contributed by atoms with E-state index in [0.717, 1.165) is 69.8 Å². The lowest BCUT2D eigenvalue weighted by atomic mass is 10.1. The molecule has 162 valence electrons. The van der Waals surface area contributed by atoms with E-state index in [-0.39, 0.29) is 6.04 Å². The fourth-order valence-electron chi connectivity index (χ4n) is 4.26. The quantitative estimate of drug-likeness (QED) is 0.562. The van der Waals surface area contributed by atoms with Crippen LogP contribution in [0.1, 0.15) is 24.0 Å². The normalized spacial score (nSPS) is 21.6. The molecular formula is C23H33N5O2. The van der Waals surface area contributed by atoms with Gasteiger partial charge in [0.15, 0.2) is 5.96 Å². The summed E-state index contributed by atoms with van der Waals surface area (Å²) < 4.78 is 11.5. The number of hydrogen-bond donors (Lipinski definition) is 2. The van der Waals surface area contributed by atoms with Crippen LogP contribution in [0, 0.1) is 6.92 Å². The molecule has 1 aromatic carbocycles. The summed E-state index contributed by atoms with van der Waals surface area (Å²) in [6.07, 6.45) is 1.10. The fraction of sp³-hybridized carbons (Fsp3) is 0.522. The SMILES string of the molecule is CN=C(NCC(c1ccc(C)o1)N1CCOCC1)NC1CCN(c2ccccc2)C1. The summed E-state index contributed by atoms with van der Waals surface area (Å²) in [6.45, 7) is 8.12. The van der Waals surface area contributed by atoms with Crippen molar-refractivity contribution in [2.24, 2.45) is 4.99 Å². The maximum atomic E-state index is 5.97. The highest BCUT2D eigenvalue weighted by molar-refractivity contribution is 5.80. The second-order valence-corrected chi connectivity index (χ2v) is 7.98. The van der Waals surface area contributed by atoms with E-state index < -0.39 is 0 Å². The van der Waals surface area contributed by atoms with Crippen molar-refractivity contribution in [3.63, 3.8) is 0 Å². The standard InChI is InChI=1S/C23H33N5O2/c1-18-8-9-22(30-18)21(27-12-14-29-15-13-27)16-25-23(24-2)26-19-10-11-28(17-19)20-6-4-3-5-7-20/h3-9,19,21H,10-17H2,1-2H3,(H2,24,25,26). The number of aryl methyl sites for hydroxylation is 1. The molecule has 7 nitrogen and oxygen atoms in total. The highest BCUT2D eigenvalue weighted by atomic mass is 16.5. The molecule has 3 heterocycles. The Labute approximate surface area is 179 Å². The Balaban J connectivity index is 1.34. The highest BCUT2D eigenvalue weighted by Gasteiger charge is 2.27. The lowest BCUT2D eigenvalue weighted by Crippen LogP contribution is -2.48. The van der Waals surface area contributed by atoms with E-state index in [9.17, 15) is 0 Å². The molecule has 0 spiro atoms. The monoisotopic (exact) mass is 411 g/mol. The summed E-state index contributed by atoms with van der Waals surface area (Å²) in [5.74, 6) is 2.78. The number of morpholine rings is 1. The van der Waals surface area contributed by atoms with Crippen LogP contribution < -0.4 is 15.5 Å². The third-order valence-corrected chi connectivity index (χ3v) is 5.91. The number of nitrogens with zero attached hydrogens (tertiary/aromatic N) is 3. The molecule has 2 unspecified atom stereocenters. The number of guanidine groups is 1. The number of furan rings is 1. The van der Waals surface area contributed by atoms with Gasteiger partial charge >= 0.3 is 0 Å². The van der Waals surface area contributed by atoms with Gasteiger partial charge in [-0.15, -0.1) is 0 Å². The Hall–Kier alpha value is -2.51. The molecule has 4 rings (SSSR count). The number of hydrogen-bond acceptors (Lipinski definition) is 5. The zero-order valence-electron chi connectivity index (χ0n) is 18.0. The van der Waals surface area contributed by atoms with E-state index in [4.69, 9.17) is 9.15 Å². The zero-order valence-corrected chi connectivity index (χ0v) is 18.0. The van der Waals surface area contributed by atoms with Gasteiger partial charge in [0.25, 0.3) is 0 Å². The summed E-state index contributed by atoms with van der Waals surface area (Å²) >= 11 is 0. The molecule has 2 aliphatic rings. The first kappa shape index (κ1) is 20.8. The van der Waals surface area contributed by atoms with Crippen LogP contribution in [0.2, 0.25) is 0 Å². The first-order valence-corrected chi connectivity index (χ1v) is 10.9. The van der Waals surface area contributed by atoms with Gasteiger partial charge in [0, 0.05) is 51.5 Å². The van der Waals surface area contributed by atoms with Crippen LogP contribution in [0.5, 0.6) is 0 Å². The van der Waals surface area contributed by atoms with E-state index in [1.165, 1.54) is 5.69 Å². The lowest BCUT2D eigenvalue weighted by molar-refractivity contribution is 0.0124. The Morgan fingerprint density at radius 1 is 1.13 bits per heavy atom. The molecule has 0 saturated carbocycles. The summed E-state index contributed by atoms with van der Waals surface area (Å²) in [6, 6.07) is 15.3. The minimum Gasteiger partial charge on any atom is -0.465 e. The Bertz CT molecular complexity index is 816. The Morgan fingerprint density at radius 2 is 1.93 bits per heavy atom. The minimum atomic E-state index is 0.158. The number of aliphatic imine (C=N–C) groups is 1. The van der Waals surface area contributed by atoms with E-state index in [2.05, 4.69) is 61.8 Å². The molecular weight excluding hydrogens is 378 g/mol. The van der Waals surface area contributed by atoms with Crippen molar-refractivity contribution in [1.82, 2.24) is 15.5 Å². The van der Waals surface area contributed by atoms with E-state index >= 15 is 0 Å². The molecule has 30 heavy (non-hydrogen) atoms. The summed E-state index contributed by atoms with van der Waals surface area (Å²) in [7, 11) is 1.83. The number of benzene rings is 1. The number of anilines is 1. The molecule has 0 bridgehead atoms. The predicted octanol–water partition coefficient (Wildman–Crippen LogP) is 2.41. The average Bonchev–Trinajstić information content (AvgIpc) is 3.43. The molecule has 2 saturated heterocycles. The van der Waals surface area contributed by atoms with E-state index in [0.29, 0.717) is 6.04 Å². The van der Waals surface area contributed by atoms with Crippen molar-refractivity contribution < 1.29 is 9.15 Å². The van der Waals surface area contributed by atoms with Gasteiger partial charge in [-0.25, -0.2) is 0 Å². The van der Waals surface area contributed by atoms with Gasteiger partial charge in [0.05, 0.1) is 19.3 Å². The number of nitrogens with one attached hydrogen (secondary N) is 2. The smallest absolute Gasteiger partial charge is 0.191 e. The van der Waals surface area contributed by atoms with Crippen LogP contribution in [0.4, 0.5) is 5.69 Å². The molecule has 0 radical (unpaired) electrons. The van der Waals surface area contributed by atoms with Gasteiger partial charge < -0.3 is 24.7 Å². The Morgan fingerprint density at radius 3 is 2.63 bits per heavy atom. The average molecular weight is 412 g/mol. The third kappa shape index (κ3) is 5.15. The second kappa shape index (κ2) is 10.00. The van der Waals surface area contributed by atoms with Crippen LogP contribution in [-0.2, 0) is 4.74 Å². The predicted molar refractivity (Wildman–Crippen MR) is 120 cm³/mol. The van der Waals surface area contributed by atoms with E-state index in [1.54, 1.807) is 0 Å². The van der Waals surface area contributed by atoms with Crippen LogP contribution in [0.3, 0.4) is 0 Å². The zero-order chi connectivity index (χ0) is 20.8. The summed E-state index contributed by atoms with van der Waals surface area (Å²) in [5.41, 5.74) is 1.28. The van der Waals surface area contributed by atoms with Crippen molar-refractivity contribution in [1.29, 1.82) is 0 Å². The van der Waals surface area contributed by atoms with Gasteiger partial charge in [-0.05, 0) is 37.6 Å². The van der Waals surface area contributed by atoms with Crippen molar-refractivity contribution >= 4 is 11.6 Å². The lowest BCUT2D eigenvalue weighted by Gasteiger charge is -2.33. The topological polar surface area (TPSA) is 65.3 Å². The van der Waals surface area contributed by atoms with E-state index in [1.807, 2.05) is 20.0 Å². The Kier molecular flexibility index (Phi) is 6.92. The van der Waals surface area contributed by atoms with Crippen LogP contribution >= 0.6 is 0 Å². The fourth-order valence-corrected chi connectivity index (χ4v) is 4.26. The number of ether oxygens (including phenoxy) is 1. The maximum Gasteiger partial charge on any atom is 0.191 e. The van der Waals surface area contributed by atoms with Gasteiger partial charge in [0.1, 0.15) is 11.5 Å². The molecule has 0 amide bonds. The van der Waals surface area contributed by atoms with Gasteiger partial charge in [-0.3, -0.25) is 9.89 Å². The molecule has 2 fully saturated rings. The van der Waals surface area contributed by atoms with Crippen molar-refractivity contribution in [3.05, 3.63) is 54.0 Å². The van der Waals surface area contributed by atoms with Gasteiger partial charge in [0.2, 0.25) is 0 Å². The number of rotatable bonds is 6. The van der Waals surface area contributed by atoms with Crippen molar-refractivity contribution in [3.8, 4) is 0 Å². The summed E-state index contributed by atoms with van der Waals surface area (Å²) in [4.78, 5) is 9.32. The molecule has 1 aromatic heterocycles. The van der Waals surface area contributed by atoms with Crippen LogP contribution in [-0.4, -0.2) is 69.9 Å². The van der Waals surface area contributed by atoms with Crippen LogP contribution in [0.15, 0.2) is 51.9 Å². The number of para-hydroxylation sites is 1. The molecule has 2 aromatic rings.